The van der Waals surface area contributed by atoms with Gasteiger partial charge in [0.2, 0.25) is 0 Å². The van der Waals surface area contributed by atoms with E-state index in [1.165, 1.54) is 32.5 Å². The Labute approximate surface area is 89.4 Å². The predicted molar refractivity (Wildman–Crippen MR) is 40.2 cm³/mol. The predicted octanol–water partition coefficient (Wildman–Crippen LogP) is 1.55. The molecule has 1 aliphatic rings. The van der Waals surface area contributed by atoms with Crippen molar-refractivity contribution in [2.75, 3.05) is 19.6 Å². The molecule has 0 bridgehead atoms. The number of hydrogen-bond acceptors (Lipinski definition) is 1. The van der Waals surface area contributed by atoms with Crippen LogP contribution in [0.5, 0.6) is 0 Å². The molecule has 1 radical (unpaired) electrons. The summed E-state index contributed by atoms with van der Waals surface area (Å²) in [5.41, 5.74) is 0. The molecule has 0 amide bonds. The maximum atomic E-state index is 4.04. The van der Waals surface area contributed by atoms with Gasteiger partial charge in [-0.25, -0.2) is 0 Å². The van der Waals surface area contributed by atoms with Crippen molar-refractivity contribution in [3.05, 3.63) is 6.92 Å². The summed E-state index contributed by atoms with van der Waals surface area (Å²) in [6, 6.07) is 0. The van der Waals surface area contributed by atoms with Crippen LogP contribution in [0.1, 0.15) is 19.8 Å². The average Bonchev–Trinajstić information content (AvgIpc) is 1.90. The minimum absolute atomic E-state index is 0. The number of nitrogens with zero attached hydrogens (tertiary/aromatic N) is 1. The molecule has 0 aromatic heterocycles. The molecule has 10 heavy (non-hydrogen) atoms. The SMILES string of the molecule is [CH2-]C1CCN(CC)CC1.[Y]. The zero-order valence-electron chi connectivity index (χ0n) is 6.84. The van der Waals surface area contributed by atoms with E-state index in [0.29, 0.717) is 0 Å². The minimum Gasteiger partial charge on any atom is -0.340 e. The number of likely N-dealkylation sites (tertiary alicyclic amines) is 1. The summed E-state index contributed by atoms with van der Waals surface area (Å²) >= 11 is 0. The van der Waals surface area contributed by atoms with Crippen LogP contribution >= 0.6 is 0 Å². The molecule has 0 aromatic rings. The molecule has 1 nitrogen and oxygen atoms in total. The second-order valence-electron chi connectivity index (χ2n) is 2.88. The molecule has 1 fully saturated rings. The van der Waals surface area contributed by atoms with E-state index >= 15 is 0 Å². The van der Waals surface area contributed by atoms with Crippen molar-refractivity contribution in [1.82, 2.24) is 4.90 Å². The van der Waals surface area contributed by atoms with E-state index in [1.807, 2.05) is 0 Å². The molecule has 0 aromatic carbocycles. The molecule has 0 saturated carbocycles. The van der Waals surface area contributed by atoms with Crippen LogP contribution in [0.2, 0.25) is 0 Å². The van der Waals surface area contributed by atoms with Gasteiger partial charge in [-0.15, -0.1) is 0 Å². The van der Waals surface area contributed by atoms with Gasteiger partial charge in [-0.1, -0.05) is 19.8 Å². The van der Waals surface area contributed by atoms with E-state index in [2.05, 4.69) is 18.7 Å². The molecular formula is C8H16NY-. The first-order chi connectivity index (χ1) is 4.33. The summed E-state index contributed by atoms with van der Waals surface area (Å²) in [7, 11) is 0. The van der Waals surface area contributed by atoms with Gasteiger partial charge < -0.3 is 11.8 Å². The molecule has 0 atom stereocenters. The Balaban J connectivity index is 0.000000810. The molecule has 1 aliphatic heterocycles. The van der Waals surface area contributed by atoms with E-state index in [9.17, 15) is 0 Å². The van der Waals surface area contributed by atoms with Gasteiger partial charge in [0.15, 0.2) is 0 Å². The Hall–Kier alpha value is 1.06. The van der Waals surface area contributed by atoms with E-state index in [1.54, 1.807) is 0 Å². The molecule has 0 unspecified atom stereocenters. The van der Waals surface area contributed by atoms with Crippen molar-refractivity contribution in [3.8, 4) is 0 Å². The molecule has 0 aliphatic carbocycles. The van der Waals surface area contributed by atoms with Crippen LogP contribution in [-0.4, -0.2) is 24.5 Å². The van der Waals surface area contributed by atoms with Gasteiger partial charge in [0, 0.05) is 32.7 Å². The first-order valence-electron chi connectivity index (χ1n) is 3.88. The molecule has 1 heterocycles. The van der Waals surface area contributed by atoms with Gasteiger partial charge in [-0.3, -0.25) is 0 Å². The fourth-order valence-electron chi connectivity index (χ4n) is 1.30. The maximum Gasteiger partial charge on any atom is 0 e. The van der Waals surface area contributed by atoms with Crippen LogP contribution < -0.4 is 0 Å². The van der Waals surface area contributed by atoms with E-state index in [0.717, 1.165) is 5.92 Å². The van der Waals surface area contributed by atoms with Crippen LogP contribution in [0.4, 0.5) is 0 Å². The molecule has 0 N–H and O–H groups in total. The first-order valence-corrected chi connectivity index (χ1v) is 3.88. The van der Waals surface area contributed by atoms with Crippen molar-refractivity contribution in [2.45, 2.75) is 19.8 Å². The summed E-state index contributed by atoms with van der Waals surface area (Å²) < 4.78 is 0. The van der Waals surface area contributed by atoms with Crippen molar-refractivity contribution in [1.29, 1.82) is 0 Å². The zero-order chi connectivity index (χ0) is 6.69. The van der Waals surface area contributed by atoms with E-state index < -0.39 is 0 Å². The molecule has 0 spiro atoms. The Morgan fingerprint density at radius 2 is 1.90 bits per heavy atom. The van der Waals surface area contributed by atoms with Gasteiger partial charge >= 0.3 is 0 Å². The van der Waals surface area contributed by atoms with Gasteiger partial charge in [-0.05, 0) is 19.6 Å². The van der Waals surface area contributed by atoms with Gasteiger partial charge in [0.25, 0.3) is 0 Å². The molecule has 2 heteroatoms. The summed E-state index contributed by atoms with van der Waals surface area (Å²) in [4.78, 5) is 2.49. The largest absolute Gasteiger partial charge is 0.340 e. The van der Waals surface area contributed by atoms with E-state index in [-0.39, 0.29) is 32.7 Å². The van der Waals surface area contributed by atoms with Crippen molar-refractivity contribution < 1.29 is 32.7 Å². The van der Waals surface area contributed by atoms with Crippen LogP contribution in [0, 0.1) is 12.8 Å². The molecule has 1 rings (SSSR count). The third kappa shape index (κ3) is 3.45. The summed E-state index contributed by atoms with van der Waals surface area (Å²) in [6.45, 7) is 10.0. The summed E-state index contributed by atoms with van der Waals surface area (Å²) in [5.74, 6) is 0.729. The Kier molecular flexibility index (Phi) is 6.29. The van der Waals surface area contributed by atoms with Crippen molar-refractivity contribution in [3.63, 3.8) is 0 Å². The number of piperidine rings is 1. The van der Waals surface area contributed by atoms with Gasteiger partial charge in [0.1, 0.15) is 0 Å². The third-order valence-electron chi connectivity index (χ3n) is 2.15. The first kappa shape index (κ1) is 11.1. The second-order valence-corrected chi connectivity index (χ2v) is 2.88. The van der Waals surface area contributed by atoms with Crippen LogP contribution in [0.15, 0.2) is 0 Å². The number of hydrogen-bond donors (Lipinski definition) is 0. The van der Waals surface area contributed by atoms with Crippen LogP contribution in [0.3, 0.4) is 0 Å². The van der Waals surface area contributed by atoms with Gasteiger partial charge in [-0.2, -0.15) is 5.92 Å². The number of rotatable bonds is 1. The van der Waals surface area contributed by atoms with Crippen LogP contribution in [0.25, 0.3) is 0 Å². The minimum atomic E-state index is 0. The van der Waals surface area contributed by atoms with Gasteiger partial charge in [0.05, 0.1) is 0 Å². The normalized spacial score (nSPS) is 22.2. The smallest absolute Gasteiger partial charge is 0 e. The van der Waals surface area contributed by atoms with Crippen LogP contribution in [-0.2, 0) is 32.7 Å². The fraction of sp³-hybridized carbons (Fsp3) is 0.875. The Morgan fingerprint density at radius 1 is 1.40 bits per heavy atom. The molecular weight excluding hydrogens is 199 g/mol. The standard InChI is InChI=1S/C8H16N.Y/c1-3-9-6-4-8(2)5-7-9;/h8H,2-7H2,1H3;/q-1;. The van der Waals surface area contributed by atoms with Crippen molar-refractivity contribution >= 4 is 0 Å². The Bertz CT molecular complexity index is 77.3. The quantitative estimate of drug-likeness (QED) is 0.600. The topological polar surface area (TPSA) is 3.24 Å². The zero-order valence-corrected chi connectivity index (χ0v) is 9.68. The average molecular weight is 215 g/mol. The third-order valence-corrected chi connectivity index (χ3v) is 2.15. The fourth-order valence-corrected chi connectivity index (χ4v) is 1.30. The summed E-state index contributed by atoms with van der Waals surface area (Å²) in [5, 5.41) is 0. The Morgan fingerprint density at radius 3 is 2.30 bits per heavy atom. The maximum absolute atomic E-state index is 4.04. The second kappa shape index (κ2) is 5.68. The molecule has 1 saturated heterocycles. The summed E-state index contributed by atoms with van der Waals surface area (Å²) in [6.07, 6.45) is 2.60. The van der Waals surface area contributed by atoms with Crippen molar-refractivity contribution in [2.24, 2.45) is 5.92 Å². The van der Waals surface area contributed by atoms with E-state index in [4.69, 9.17) is 0 Å². The molecule has 57 valence electrons. The monoisotopic (exact) mass is 215 g/mol.